The SMILES string of the molecule is CCCC[C@H]1CC[C@H]2C[C@@H](CC[C@@H]3[C@@H]2CC[C@]2(C)[C@@H]([C@H](C)O)CC[C@@H]32)C1. The Balaban J connectivity index is 1.49. The van der Waals surface area contributed by atoms with E-state index in [-0.39, 0.29) is 6.10 Å². The average Bonchev–Trinajstić information content (AvgIpc) is 2.76. The molecule has 4 rings (SSSR count). The first-order valence-electron chi connectivity index (χ1n) is 12.2. The van der Waals surface area contributed by atoms with Crippen molar-refractivity contribution in [2.45, 2.75) is 110 Å². The molecule has 0 saturated heterocycles. The summed E-state index contributed by atoms with van der Waals surface area (Å²) in [7, 11) is 0. The van der Waals surface area contributed by atoms with Crippen molar-refractivity contribution >= 4 is 0 Å². The molecule has 150 valence electrons. The maximum absolute atomic E-state index is 10.4. The van der Waals surface area contributed by atoms with Crippen molar-refractivity contribution in [1.29, 1.82) is 0 Å². The lowest BCUT2D eigenvalue weighted by Gasteiger charge is -2.51. The van der Waals surface area contributed by atoms with Gasteiger partial charge in [0.15, 0.2) is 0 Å². The molecule has 0 radical (unpaired) electrons. The molecular formula is C25H44O. The molecule has 0 spiro atoms. The van der Waals surface area contributed by atoms with Crippen LogP contribution in [0.25, 0.3) is 0 Å². The third-order valence-electron chi connectivity index (χ3n) is 9.88. The van der Waals surface area contributed by atoms with Crippen LogP contribution in [0.15, 0.2) is 0 Å². The number of fused-ring (bicyclic) bond motifs is 6. The highest BCUT2D eigenvalue weighted by Gasteiger charge is 2.56. The summed E-state index contributed by atoms with van der Waals surface area (Å²) in [6.07, 6.45) is 19.0. The first kappa shape index (κ1) is 19.3. The second-order valence-corrected chi connectivity index (χ2v) is 11.2. The van der Waals surface area contributed by atoms with Gasteiger partial charge in [0.05, 0.1) is 6.10 Å². The number of hydrogen-bond donors (Lipinski definition) is 1. The lowest BCUT2D eigenvalue weighted by atomic mass is 9.54. The summed E-state index contributed by atoms with van der Waals surface area (Å²) in [5.74, 6) is 6.61. The summed E-state index contributed by atoms with van der Waals surface area (Å²) < 4.78 is 0. The third-order valence-corrected chi connectivity index (χ3v) is 9.88. The lowest BCUT2D eigenvalue weighted by molar-refractivity contribution is -0.0418. The molecule has 2 bridgehead atoms. The molecular weight excluding hydrogens is 316 g/mol. The zero-order valence-corrected chi connectivity index (χ0v) is 17.8. The number of aliphatic hydroxyl groups excluding tert-OH is 1. The van der Waals surface area contributed by atoms with Gasteiger partial charge in [0.1, 0.15) is 0 Å². The summed E-state index contributed by atoms with van der Waals surface area (Å²) in [5.41, 5.74) is 0.438. The summed E-state index contributed by atoms with van der Waals surface area (Å²) in [6.45, 7) is 6.97. The Labute approximate surface area is 162 Å². The van der Waals surface area contributed by atoms with Crippen LogP contribution < -0.4 is 0 Å². The van der Waals surface area contributed by atoms with Crippen LogP contribution in [-0.2, 0) is 0 Å². The normalized spacial score (nSPS) is 49.6. The molecule has 26 heavy (non-hydrogen) atoms. The van der Waals surface area contributed by atoms with E-state index in [1.807, 2.05) is 0 Å². The van der Waals surface area contributed by atoms with Gasteiger partial charge in [0.25, 0.3) is 0 Å². The van der Waals surface area contributed by atoms with E-state index in [1.54, 1.807) is 12.8 Å². The fourth-order valence-electron chi connectivity index (χ4n) is 8.64. The predicted octanol–water partition coefficient (Wildman–Crippen LogP) is 6.83. The Morgan fingerprint density at radius 1 is 0.962 bits per heavy atom. The second kappa shape index (κ2) is 7.76. The van der Waals surface area contributed by atoms with Crippen molar-refractivity contribution in [2.24, 2.45) is 46.8 Å². The van der Waals surface area contributed by atoms with Gasteiger partial charge < -0.3 is 5.11 Å². The molecule has 0 aromatic rings. The molecule has 0 amide bonds. The molecule has 9 atom stereocenters. The molecule has 0 unspecified atom stereocenters. The minimum absolute atomic E-state index is 0.103. The average molecular weight is 361 g/mol. The molecule has 0 aromatic heterocycles. The van der Waals surface area contributed by atoms with Crippen molar-refractivity contribution < 1.29 is 5.11 Å². The minimum Gasteiger partial charge on any atom is -0.393 e. The molecule has 4 saturated carbocycles. The Morgan fingerprint density at radius 2 is 1.81 bits per heavy atom. The first-order valence-corrected chi connectivity index (χ1v) is 12.2. The Morgan fingerprint density at radius 3 is 2.58 bits per heavy atom. The molecule has 1 heteroatoms. The van der Waals surface area contributed by atoms with E-state index in [4.69, 9.17) is 0 Å². The standard InChI is InChI=1S/C25H44O/c1-4-5-6-18-7-9-20-16-19(15-18)8-10-22-21(20)13-14-25(3)23(17(2)26)11-12-24(22)25/h17-24,26H,4-16H2,1-3H3/t17-,18-,19-,20-,21+,22+,23+,24-,25+/m0/s1. The number of rotatable bonds is 4. The van der Waals surface area contributed by atoms with Gasteiger partial charge in [-0.3, -0.25) is 0 Å². The van der Waals surface area contributed by atoms with Crippen molar-refractivity contribution in [3.05, 3.63) is 0 Å². The Kier molecular flexibility index (Phi) is 5.76. The van der Waals surface area contributed by atoms with Gasteiger partial charge >= 0.3 is 0 Å². The molecule has 4 aliphatic rings. The van der Waals surface area contributed by atoms with E-state index in [9.17, 15) is 5.11 Å². The highest BCUT2D eigenvalue weighted by atomic mass is 16.3. The molecule has 4 aliphatic carbocycles. The number of aliphatic hydroxyl groups is 1. The van der Waals surface area contributed by atoms with Gasteiger partial charge in [0, 0.05) is 0 Å². The van der Waals surface area contributed by atoms with Crippen LogP contribution in [0, 0.1) is 46.8 Å². The van der Waals surface area contributed by atoms with E-state index in [0.29, 0.717) is 11.3 Å². The quantitative estimate of drug-likeness (QED) is 0.582. The van der Waals surface area contributed by atoms with Gasteiger partial charge in [-0.25, -0.2) is 0 Å². The summed E-state index contributed by atoms with van der Waals surface area (Å²) in [5, 5.41) is 10.4. The van der Waals surface area contributed by atoms with Crippen molar-refractivity contribution in [1.82, 2.24) is 0 Å². The smallest absolute Gasteiger partial charge is 0.0545 e. The molecule has 0 aliphatic heterocycles. The molecule has 1 nitrogen and oxygen atoms in total. The van der Waals surface area contributed by atoms with Gasteiger partial charge in [0.2, 0.25) is 0 Å². The van der Waals surface area contributed by atoms with Gasteiger partial charge in [-0.15, -0.1) is 0 Å². The lowest BCUT2D eigenvalue weighted by Crippen LogP contribution is -2.45. The highest BCUT2D eigenvalue weighted by Crippen LogP contribution is 2.63. The largest absolute Gasteiger partial charge is 0.393 e. The Bertz CT molecular complexity index is 471. The van der Waals surface area contributed by atoms with E-state index >= 15 is 0 Å². The molecule has 0 heterocycles. The predicted molar refractivity (Wildman–Crippen MR) is 110 cm³/mol. The number of unbranched alkanes of at least 4 members (excludes halogenated alkanes) is 1. The second-order valence-electron chi connectivity index (χ2n) is 11.2. The summed E-state index contributed by atoms with van der Waals surface area (Å²) in [4.78, 5) is 0. The van der Waals surface area contributed by atoms with Crippen LogP contribution in [0.2, 0.25) is 0 Å². The maximum atomic E-state index is 10.4. The topological polar surface area (TPSA) is 20.2 Å². The minimum atomic E-state index is -0.103. The van der Waals surface area contributed by atoms with Gasteiger partial charge in [-0.2, -0.15) is 0 Å². The van der Waals surface area contributed by atoms with E-state index in [0.717, 1.165) is 35.5 Å². The number of hydrogen-bond acceptors (Lipinski definition) is 1. The van der Waals surface area contributed by atoms with Crippen molar-refractivity contribution in [3.63, 3.8) is 0 Å². The third kappa shape index (κ3) is 3.40. The van der Waals surface area contributed by atoms with Crippen LogP contribution in [-0.4, -0.2) is 11.2 Å². The van der Waals surface area contributed by atoms with Crippen LogP contribution in [0.4, 0.5) is 0 Å². The van der Waals surface area contributed by atoms with E-state index in [2.05, 4.69) is 20.8 Å². The zero-order valence-electron chi connectivity index (χ0n) is 17.8. The molecule has 4 fully saturated rings. The van der Waals surface area contributed by atoms with Crippen LogP contribution >= 0.6 is 0 Å². The summed E-state index contributed by atoms with van der Waals surface area (Å²) in [6, 6.07) is 0. The maximum Gasteiger partial charge on any atom is 0.0545 e. The first-order chi connectivity index (χ1) is 12.5. The van der Waals surface area contributed by atoms with E-state index in [1.165, 1.54) is 70.6 Å². The fourth-order valence-corrected chi connectivity index (χ4v) is 8.64. The van der Waals surface area contributed by atoms with Gasteiger partial charge in [-0.05, 0) is 105 Å². The highest BCUT2D eigenvalue weighted by molar-refractivity contribution is 5.05. The zero-order chi connectivity index (χ0) is 18.3. The van der Waals surface area contributed by atoms with Crippen molar-refractivity contribution in [3.8, 4) is 0 Å². The Hall–Kier alpha value is -0.0400. The van der Waals surface area contributed by atoms with Crippen LogP contribution in [0.5, 0.6) is 0 Å². The van der Waals surface area contributed by atoms with Crippen LogP contribution in [0.1, 0.15) is 104 Å². The van der Waals surface area contributed by atoms with Crippen LogP contribution in [0.3, 0.4) is 0 Å². The van der Waals surface area contributed by atoms with E-state index < -0.39 is 0 Å². The van der Waals surface area contributed by atoms with Crippen molar-refractivity contribution in [2.75, 3.05) is 0 Å². The van der Waals surface area contributed by atoms with Gasteiger partial charge in [-0.1, -0.05) is 46.0 Å². The molecule has 0 aromatic carbocycles. The monoisotopic (exact) mass is 360 g/mol. The fraction of sp³-hybridized carbons (Fsp3) is 1.00. The molecule has 1 N–H and O–H groups in total. The summed E-state index contributed by atoms with van der Waals surface area (Å²) >= 11 is 0.